The van der Waals surface area contributed by atoms with Crippen molar-refractivity contribution in [1.82, 2.24) is 0 Å². The Labute approximate surface area is 86.0 Å². The highest BCUT2D eigenvalue weighted by Crippen LogP contribution is 2.17. The number of hydrogen-bond donors (Lipinski definition) is 0. The lowest BCUT2D eigenvalue weighted by molar-refractivity contribution is 0.470. The van der Waals surface area contributed by atoms with E-state index in [1.165, 1.54) is 31.3 Å². The monoisotopic (exact) mass is 213 g/mol. The summed E-state index contributed by atoms with van der Waals surface area (Å²) in [5.41, 5.74) is 0.887. The normalized spacial score (nSPS) is 10.9. The zero-order valence-corrected chi connectivity index (χ0v) is 8.12. The molecular weight excluding hydrogens is 204 g/mol. The van der Waals surface area contributed by atoms with Gasteiger partial charge < -0.3 is 17.8 Å². The van der Waals surface area contributed by atoms with E-state index in [-0.39, 0.29) is 0 Å². The highest BCUT2D eigenvalue weighted by atomic mass is 19.4. The fourth-order valence-electron chi connectivity index (χ4n) is 1.21. The number of halogens is 3. The third kappa shape index (κ3) is 3.54. The van der Waals surface area contributed by atoms with Crippen molar-refractivity contribution in [3.63, 3.8) is 0 Å². The van der Waals surface area contributed by atoms with Gasteiger partial charge in [-0.2, -0.15) is 5.26 Å². The molecular formula is C9H9BF3N2-. The first kappa shape index (κ1) is 11.4. The van der Waals surface area contributed by atoms with E-state index in [1.54, 1.807) is 0 Å². The molecule has 6 heteroatoms. The molecule has 0 aliphatic heterocycles. The van der Waals surface area contributed by atoms with Gasteiger partial charge in [0.1, 0.15) is 0 Å². The molecule has 2 nitrogen and oxygen atoms in total. The van der Waals surface area contributed by atoms with E-state index >= 15 is 0 Å². The van der Waals surface area contributed by atoms with E-state index in [4.69, 9.17) is 5.26 Å². The number of nitriles is 1. The molecule has 0 saturated carbocycles. The Morgan fingerprint density at radius 2 is 1.80 bits per heavy atom. The number of anilines is 1. The molecule has 1 aromatic rings. The van der Waals surface area contributed by atoms with Crippen molar-refractivity contribution in [2.75, 3.05) is 18.4 Å². The van der Waals surface area contributed by atoms with Crippen LogP contribution in [-0.4, -0.2) is 20.5 Å². The van der Waals surface area contributed by atoms with Crippen molar-refractivity contribution >= 4 is 12.7 Å². The van der Waals surface area contributed by atoms with E-state index in [9.17, 15) is 12.9 Å². The summed E-state index contributed by atoms with van der Waals surface area (Å²) in [7, 11) is 1.37. The van der Waals surface area contributed by atoms with Crippen molar-refractivity contribution in [2.45, 2.75) is 0 Å². The average Bonchev–Trinajstić information content (AvgIpc) is 2.15. The van der Waals surface area contributed by atoms with Crippen LogP contribution in [0, 0.1) is 11.3 Å². The Balaban J connectivity index is 2.75. The number of rotatable bonds is 3. The van der Waals surface area contributed by atoms with Crippen LogP contribution in [0.15, 0.2) is 24.3 Å². The zero-order valence-electron chi connectivity index (χ0n) is 8.12. The van der Waals surface area contributed by atoms with Gasteiger partial charge in [-0.05, 0) is 30.7 Å². The topological polar surface area (TPSA) is 27.0 Å². The molecule has 0 radical (unpaired) electrons. The van der Waals surface area contributed by atoms with Gasteiger partial charge >= 0.3 is 6.98 Å². The van der Waals surface area contributed by atoms with Crippen LogP contribution in [0.3, 0.4) is 0 Å². The fraction of sp³-hybridized carbons (Fsp3) is 0.222. The van der Waals surface area contributed by atoms with E-state index in [0.29, 0.717) is 11.3 Å². The molecule has 0 unspecified atom stereocenters. The molecule has 0 atom stereocenters. The lowest BCUT2D eigenvalue weighted by atomic mass is 9.91. The maximum Gasteiger partial charge on any atom is 0.497 e. The van der Waals surface area contributed by atoms with E-state index in [1.807, 2.05) is 6.07 Å². The quantitative estimate of drug-likeness (QED) is 0.720. The van der Waals surface area contributed by atoms with Crippen molar-refractivity contribution in [1.29, 1.82) is 5.26 Å². The van der Waals surface area contributed by atoms with Gasteiger partial charge in [0.25, 0.3) is 0 Å². The summed E-state index contributed by atoms with van der Waals surface area (Å²) in [6.45, 7) is -4.82. The second kappa shape index (κ2) is 4.26. The van der Waals surface area contributed by atoms with Gasteiger partial charge in [0.15, 0.2) is 0 Å². The minimum Gasteiger partial charge on any atom is -0.448 e. The van der Waals surface area contributed by atoms with Crippen LogP contribution in [0.1, 0.15) is 5.56 Å². The van der Waals surface area contributed by atoms with Crippen LogP contribution < -0.4 is 4.90 Å². The lowest BCUT2D eigenvalue weighted by Gasteiger charge is -2.25. The Kier molecular flexibility index (Phi) is 3.25. The fourth-order valence-corrected chi connectivity index (χ4v) is 1.21. The third-order valence-corrected chi connectivity index (χ3v) is 1.92. The maximum atomic E-state index is 12.1. The van der Waals surface area contributed by atoms with Gasteiger partial charge in [-0.25, -0.2) is 0 Å². The summed E-state index contributed by atoms with van der Waals surface area (Å²) in [5.74, 6) is 0. The van der Waals surface area contributed by atoms with Crippen molar-refractivity contribution in [3.8, 4) is 6.07 Å². The molecule has 1 aromatic carbocycles. The minimum atomic E-state index is -4.82. The molecule has 15 heavy (non-hydrogen) atoms. The first-order chi connectivity index (χ1) is 6.92. The molecule has 0 saturated heterocycles. The largest absolute Gasteiger partial charge is 0.497 e. The summed E-state index contributed by atoms with van der Waals surface area (Å²) in [4.78, 5) is 1.11. The first-order valence-corrected chi connectivity index (χ1v) is 4.34. The van der Waals surface area contributed by atoms with Gasteiger partial charge in [0.2, 0.25) is 0 Å². The lowest BCUT2D eigenvalue weighted by Crippen LogP contribution is -2.35. The minimum absolute atomic E-state index is 0.435. The van der Waals surface area contributed by atoms with Gasteiger partial charge in [0, 0.05) is 12.7 Å². The predicted molar refractivity (Wildman–Crippen MR) is 53.5 cm³/mol. The highest BCUT2D eigenvalue weighted by molar-refractivity contribution is 6.59. The highest BCUT2D eigenvalue weighted by Gasteiger charge is 2.25. The van der Waals surface area contributed by atoms with Crippen LogP contribution in [0.5, 0.6) is 0 Å². The third-order valence-electron chi connectivity index (χ3n) is 1.92. The predicted octanol–water partition coefficient (Wildman–Crippen LogP) is 2.38. The van der Waals surface area contributed by atoms with E-state index in [0.717, 1.165) is 4.90 Å². The van der Waals surface area contributed by atoms with Crippen LogP contribution in [0.4, 0.5) is 18.6 Å². The summed E-state index contributed by atoms with van der Waals surface area (Å²) in [5, 5.41) is 8.51. The smallest absolute Gasteiger partial charge is 0.448 e. The van der Waals surface area contributed by atoms with Crippen molar-refractivity contribution < 1.29 is 12.9 Å². The number of hydrogen-bond acceptors (Lipinski definition) is 2. The molecule has 0 spiro atoms. The van der Waals surface area contributed by atoms with Crippen LogP contribution in [-0.2, 0) is 0 Å². The Morgan fingerprint density at radius 1 is 1.27 bits per heavy atom. The SMILES string of the molecule is CN(C[B-](F)(F)F)c1ccc(C#N)cc1. The van der Waals surface area contributed by atoms with Gasteiger partial charge in [-0.1, -0.05) is 0 Å². The van der Waals surface area contributed by atoms with Crippen LogP contribution in [0.2, 0.25) is 0 Å². The van der Waals surface area contributed by atoms with E-state index in [2.05, 4.69) is 0 Å². The van der Waals surface area contributed by atoms with Gasteiger partial charge in [-0.15, -0.1) is 0 Å². The molecule has 0 aromatic heterocycles. The standard InChI is InChI=1S/C9H9BF3N2/c1-15(7-10(11,12)13)9-4-2-8(6-14)3-5-9/h2-5H,7H2,1H3/q-1. The van der Waals surface area contributed by atoms with Gasteiger partial charge in [-0.3, -0.25) is 0 Å². The van der Waals surface area contributed by atoms with Crippen molar-refractivity contribution in [3.05, 3.63) is 29.8 Å². The maximum absolute atomic E-state index is 12.1. The second-order valence-corrected chi connectivity index (χ2v) is 3.25. The van der Waals surface area contributed by atoms with Crippen molar-refractivity contribution in [2.24, 2.45) is 0 Å². The molecule has 0 amide bonds. The summed E-state index contributed by atoms with van der Waals surface area (Å²) < 4.78 is 36.3. The Hall–Kier alpha value is -1.64. The summed E-state index contributed by atoms with van der Waals surface area (Å²) >= 11 is 0. The molecule has 0 heterocycles. The number of nitrogens with zero attached hydrogens (tertiary/aromatic N) is 2. The van der Waals surface area contributed by atoms with Crippen LogP contribution in [0.25, 0.3) is 0 Å². The molecule has 1 rings (SSSR count). The molecule has 0 aliphatic carbocycles. The molecule has 0 N–H and O–H groups in total. The Morgan fingerprint density at radius 3 is 2.20 bits per heavy atom. The molecule has 0 bridgehead atoms. The molecule has 0 aliphatic rings. The van der Waals surface area contributed by atoms with Crippen LogP contribution >= 0.6 is 0 Å². The summed E-state index contributed by atoms with van der Waals surface area (Å²) in [6.07, 6.45) is -0.939. The van der Waals surface area contributed by atoms with E-state index < -0.39 is 13.4 Å². The molecule has 80 valence electrons. The molecule has 0 fully saturated rings. The second-order valence-electron chi connectivity index (χ2n) is 3.25. The average molecular weight is 213 g/mol. The number of benzene rings is 1. The zero-order chi connectivity index (χ0) is 11.5. The summed E-state index contributed by atoms with van der Waals surface area (Å²) in [6, 6.07) is 7.90. The van der Waals surface area contributed by atoms with Gasteiger partial charge in [0.05, 0.1) is 11.6 Å². The first-order valence-electron chi connectivity index (χ1n) is 4.34. The Bertz CT molecular complexity index is 366.